The first-order valence-corrected chi connectivity index (χ1v) is 9.28. The summed E-state index contributed by atoms with van der Waals surface area (Å²) in [5, 5.41) is 4.22. The fourth-order valence-corrected chi connectivity index (χ4v) is 3.44. The number of aryl methyl sites for hydroxylation is 1. The molecule has 1 fully saturated rings. The molecule has 2 amide bonds. The Balaban J connectivity index is 1.55. The molecule has 1 aliphatic rings. The Kier molecular flexibility index (Phi) is 5.84. The molecule has 6 heteroatoms. The molecule has 0 bridgehead atoms. The van der Waals surface area contributed by atoms with Gasteiger partial charge in [0.2, 0.25) is 11.8 Å². The number of nitrogens with zero attached hydrogens (tertiary/aromatic N) is 1. The topological polar surface area (TPSA) is 49.4 Å². The third kappa shape index (κ3) is 4.37. The summed E-state index contributed by atoms with van der Waals surface area (Å²) in [6.45, 7) is 2.80. The fourth-order valence-electron chi connectivity index (χ4n) is 3.05. The van der Waals surface area contributed by atoms with Gasteiger partial charge in [-0.15, -0.1) is 0 Å². The van der Waals surface area contributed by atoms with Crippen LogP contribution in [0.4, 0.5) is 5.69 Å². The van der Waals surface area contributed by atoms with Crippen LogP contribution in [0, 0.1) is 12.8 Å². The van der Waals surface area contributed by atoms with Crippen LogP contribution in [0.15, 0.2) is 42.5 Å². The highest BCUT2D eigenvalue weighted by Crippen LogP contribution is 2.28. The minimum Gasteiger partial charge on any atom is -0.355 e. The average Bonchev–Trinajstić information content (AvgIpc) is 2.99. The lowest BCUT2D eigenvalue weighted by atomic mass is 10.1. The third-order valence-electron chi connectivity index (χ3n) is 4.56. The SMILES string of the molecule is Cc1ccc(N2CC(C(=O)NCCc3cccc(Cl)c3)CC2=O)cc1Cl. The van der Waals surface area contributed by atoms with Crippen LogP contribution in [-0.2, 0) is 16.0 Å². The second kappa shape index (κ2) is 8.11. The Morgan fingerprint density at radius 3 is 2.77 bits per heavy atom. The zero-order valence-corrected chi connectivity index (χ0v) is 16.0. The van der Waals surface area contributed by atoms with E-state index in [1.54, 1.807) is 11.0 Å². The van der Waals surface area contributed by atoms with Gasteiger partial charge in [0.05, 0.1) is 5.92 Å². The largest absolute Gasteiger partial charge is 0.355 e. The van der Waals surface area contributed by atoms with Gasteiger partial charge in [0.15, 0.2) is 0 Å². The van der Waals surface area contributed by atoms with Crippen LogP contribution >= 0.6 is 23.2 Å². The summed E-state index contributed by atoms with van der Waals surface area (Å²) in [5.74, 6) is -0.497. The molecule has 1 N–H and O–H groups in total. The number of hydrogen-bond donors (Lipinski definition) is 1. The zero-order chi connectivity index (χ0) is 18.7. The number of carbonyl (C=O) groups excluding carboxylic acids is 2. The number of rotatable bonds is 5. The number of carbonyl (C=O) groups is 2. The van der Waals surface area contributed by atoms with Gasteiger partial charge in [-0.05, 0) is 48.7 Å². The third-order valence-corrected chi connectivity index (χ3v) is 5.21. The van der Waals surface area contributed by atoms with Crippen LogP contribution < -0.4 is 10.2 Å². The van der Waals surface area contributed by atoms with Gasteiger partial charge in [0.25, 0.3) is 0 Å². The smallest absolute Gasteiger partial charge is 0.227 e. The maximum absolute atomic E-state index is 12.4. The predicted octanol–water partition coefficient (Wildman–Crippen LogP) is 4.01. The van der Waals surface area contributed by atoms with Crippen LogP contribution in [0.3, 0.4) is 0 Å². The number of amides is 2. The van der Waals surface area contributed by atoms with Gasteiger partial charge in [-0.1, -0.05) is 41.4 Å². The summed E-state index contributed by atoms with van der Waals surface area (Å²) in [6, 6.07) is 13.1. The Bertz CT molecular complexity index is 838. The fraction of sp³-hybridized carbons (Fsp3) is 0.300. The zero-order valence-electron chi connectivity index (χ0n) is 14.5. The molecule has 0 spiro atoms. The van der Waals surface area contributed by atoms with Crippen molar-refractivity contribution in [2.24, 2.45) is 5.92 Å². The molecule has 1 unspecified atom stereocenters. The van der Waals surface area contributed by atoms with E-state index in [-0.39, 0.29) is 24.2 Å². The summed E-state index contributed by atoms with van der Waals surface area (Å²) in [7, 11) is 0. The van der Waals surface area contributed by atoms with Gasteiger partial charge >= 0.3 is 0 Å². The highest BCUT2D eigenvalue weighted by atomic mass is 35.5. The molecule has 1 heterocycles. The van der Waals surface area contributed by atoms with E-state index in [1.807, 2.05) is 43.3 Å². The van der Waals surface area contributed by atoms with Crippen molar-refractivity contribution in [1.29, 1.82) is 0 Å². The summed E-state index contributed by atoms with van der Waals surface area (Å²) in [4.78, 5) is 26.3. The van der Waals surface area contributed by atoms with E-state index in [2.05, 4.69) is 5.32 Å². The monoisotopic (exact) mass is 390 g/mol. The summed E-state index contributed by atoms with van der Waals surface area (Å²) in [6.07, 6.45) is 0.915. The number of hydrogen-bond acceptors (Lipinski definition) is 2. The number of halogens is 2. The van der Waals surface area contributed by atoms with Crippen LogP contribution in [0.5, 0.6) is 0 Å². The van der Waals surface area contributed by atoms with Crippen molar-refractivity contribution in [3.8, 4) is 0 Å². The van der Waals surface area contributed by atoms with Crippen LogP contribution in [0.1, 0.15) is 17.5 Å². The lowest BCUT2D eigenvalue weighted by molar-refractivity contribution is -0.126. The van der Waals surface area contributed by atoms with E-state index in [1.165, 1.54) is 0 Å². The van der Waals surface area contributed by atoms with Gasteiger partial charge in [-0.2, -0.15) is 0 Å². The van der Waals surface area contributed by atoms with E-state index in [0.29, 0.717) is 29.6 Å². The molecule has 0 aliphatic carbocycles. The van der Waals surface area contributed by atoms with Gasteiger partial charge < -0.3 is 10.2 Å². The minimum absolute atomic E-state index is 0.0556. The first-order chi connectivity index (χ1) is 12.4. The van der Waals surface area contributed by atoms with Gasteiger partial charge in [0.1, 0.15) is 0 Å². The van der Waals surface area contributed by atoms with Crippen molar-refractivity contribution in [1.82, 2.24) is 5.32 Å². The maximum atomic E-state index is 12.4. The number of benzene rings is 2. The van der Waals surface area contributed by atoms with Crippen molar-refractivity contribution < 1.29 is 9.59 Å². The summed E-state index contributed by atoms with van der Waals surface area (Å²) < 4.78 is 0. The Morgan fingerprint density at radius 2 is 2.04 bits per heavy atom. The maximum Gasteiger partial charge on any atom is 0.227 e. The lowest BCUT2D eigenvalue weighted by Crippen LogP contribution is -2.34. The van der Waals surface area contributed by atoms with Crippen LogP contribution in [0.25, 0.3) is 0 Å². The molecule has 26 heavy (non-hydrogen) atoms. The van der Waals surface area contributed by atoms with E-state index < -0.39 is 0 Å². The molecule has 0 aromatic heterocycles. The van der Waals surface area contributed by atoms with E-state index in [4.69, 9.17) is 23.2 Å². The van der Waals surface area contributed by atoms with Crippen molar-refractivity contribution >= 4 is 40.7 Å². The molecule has 1 saturated heterocycles. The first kappa shape index (κ1) is 18.7. The highest BCUT2D eigenvalue weighted by Gasteiger charge is 2.35. The second-order valence-corrected chi connectivity index (χ2v) is 7.35. The van der Waals surface area contributed by atoms with Gasteiger partial charge in [-0.3, -0.25) is 9.59 Å². The normalized spacial score (nSPS) is 16.8. The molecule has 4 nitrogen and oxygen atoms in total. The molecule has 0 saturated carbocycles. The predicted molar refractivity (Wildman–Crippen MR) is 105 cm³/mol. The van der Waals surface area contributed by atoms with Crippen molar-refractivity contribution in [2.75, 3.05) is 18.0 Å². The minimum atomic E-state index is -0.345. The molecule has 0 radical (unpaired) electrons. The second-order valence-electron chi connectivity index (χ2n) is 6.51. The van der Waals surface area contributed by atoms with E-state index in [9.17, 15) is 9.59 Å². The van der Waals surface area contributed by atoms with Crippen LogP contribution in [0.2, 0.25) is 10.0 Å². The average molecular weight is 391 g/mol. The van der Waals surface area contributed by atoms with Crippen LogP contribution in [-0.4, -0.2) is 24.9 Å². The Hall–Kier alpha value is -2.04. The Morgan fingerprint density at radius 1 is 1.23 bits per heavy atom. The van der Waals surface area contributed by atoms with Crippen molar-refractivity contribution in [2.45, 2.75) is 19.8 Å². The molecule has 1 atom stereocenters. The molecule has 2 aromatic rings. The Labute approximate surface area is 163 Å². The van der Waals surface area contributed by atoms with Gasteiger partial charge in [-0.25, -0.2) is 0 Å². The first-order valence-electron chi connectivity index (χ1n) is 8.52. The number of nitrogens with one attached hydrogen (secondary N) is 1. The standard InChI is InChI=1S/C20H20Cl2N2O2/c1-13-5-6-17(11-18(13)22)24-12-15(10-19(24)25)20(26)23-8-7-14-3-2-4-16(21)9-14/h2-6,9,11,15H,7-8,10,12H2,1H3,(H,23,26). The van der Waals surface area contributed by atoms with E-state index >= 15 is 0 Å². The quantitative estimate of drug-likeness (QED) is 0.837. The molecule has 1 aliphatic heterocycles. The summed E-state index contributed by atoms with van der Waals surface area (Å²) in [5.41, 5.74) is 2.76. The lowest BCUT2D eigenvalue weighted by Gasteiger charge is -2.17. The molecule has 2 aromatic carbocycles. The van der Waals surface area contributed by atoms with Gasteiger partial charge in [0, 0.05) is 35.2 Å². The van der Waals surface area contributed by atoms with Crippen molar-refractivity contribution in [3.63, 3.8) is 0 Å². The molecule has 3 rings (SSSR count). The summed E-state index contributed by atoms with van der Waals surface area (Å²) >= 11 is 12.1. The van der Waals surface area contributed by atoms with Crippen molar-refractivity contribution in [3.05, 3.63) is 63.6 Å². The molecule has 136 valence electrons. The van der Waals surface area contributed by atoms with E-state index in [0.717, 1.165) is 16.8 Å². The molecular weight excluding hydrogens is 371 g/mol. The number of anilines is 1. The highest BCUT2D eigenvalue weighted by molar-refractivity contribution is 6.31. The molecular formula is C20H20Cl2N2O2.